The third-order valence-electron chi connectivity index (χ3n) is 5.98. The predicted octanol–water partition coefficient (Wildman–Crippen LogP) is 1.74. The van der Waals surface area contributed by atoms with Gasteiger partial charge in [-0.05, 0) is 43.7 Å². The molecule has 3 fully saturated rings. The van der Waals surface area contributed by atoms with Crippen molar-refractivity contribution in [2.45, 2.75) is 44.4 Å². The Bertz CT molecular complexity index is 677. The summed E-state index contributed by atoms with van der Waals surface area (Å²) in [5.41, 5.74) is 0.867. The Kier molecular flexibility index (Phi) is 5.29. The quantitative estimate of drug-likeness (QED) is 0.811. The highest BCUT2D eigenvalue weighted by Gasteiger charge is 2.44. The Hall–Kier alpha value is -2.15. The molecule has 27 heavy (non-hydrogen) atoms. The number of carbonyl (C=O) groups excluding carboxylic acids is 2. The Balaban J connectivity index is 1.32. The number of likely N-dealkylation sites (tertiary alicyclic amines) is 2. The van der Waals surface area contributed by atoms with Crippen molar-refractivity contribution < 1.29 is 14.3 Å². The van der Waals surface area contributed by atoms with E-state index in [0.717, 1.165) is 51.0 Å². The van der Waals surface area contributed by atoms with E-state index in [-0.39, 0.29) is 18.0 Å². The topological polar surface area (TPSA) is 66.0 Å². The number of rotatable bonds is 3. The fourth-order valence-electron chi connectivity index (χ4n) is 4.43. The van der Waals surface area contributed by atoms with Gasteiger partial charge in [0.05, 0.1) is 18.3 Å². The minimum Gasteiger partial charge on any atom is -0.363 e. The smallest absolute Gasteiger partial charge is 0.320 e. The Morgan fingerprint density at radius 1 is 1.22 bits per heavy atom. The fraction of sp³-hybridized carbons (Fsp3) is 0.650. The van der Waals surface area contributed by atoms with E-state index in [2.05, 4.69) is 4.98 Å². The SMILES string of the molecule is CN(Cc1ccccn1)C(=O)[C@H]1C[C@@H]2CCN(C(=O)N3CCCC3)C[C@@H]2O1. The molecule has 3 amide bonds. The van der Waals surface area contributed by atoms with Crippen LogP contribution in [0.2, 0.25) is 0 Å². The highest BCUT2D eigenvalue weighted by atomic mass is 16.5. The number of amides is 3. The molecular weight excluding hydrogens is 344 g/mol. The number of fused-ring (bicyclic) bond motifs is 1. The van der Waals surface area contributed by atoms with Gasteiger partial charge in [0, 0.05) is 39.4 Å². The molecule has 4 rings (SSSR count). The minimum atomic E-state index is -0.407. The molecule has 0 unspecified atom stereocenters. The zero-order valence-corrected chi connectivity index (χ0v) is 15.9. The molecule has 0 radical (unpaired) electrons. The molecule has 7 heteroatoms. The van der Waals surface area contributed by atoms with Gasteiger partial charge in [0.1, 0.15) is 6.10 Å². The number of piperidine rings is 1. The molecule has 4 heterocycles. The molecular formula is C20H28N4O3. The van der Waals surface area contributed by atoms with E-state index in [9.17, 15) is 9.59 Å². The Labute approximate surface area is 160 Å². The van der Waals surface area contributed by atoms with Gasteiger partial charge in [-0.3, -0.25) is 9.78 Å². The number of ether oxygens (including phenoxy) is 1. The summed E-state index contributed by atoms with van der Waals surface area (Å²) in [6.07, 6.45) is 5.17. The highest BCUT2D eigenvalue weighted by molar-refractivity contribution is 5.81. The zero-order valence-electron chi connectivity index (χ0n) is 15.9. The summed E-state index contributed by atoms with van der Waals surface area (Å²) < 4.78 is 6.11. The van der Waals surface area contributed by atoms with Gasteiger partial charge in [-0.2, -0.15) is 0 Å². The van der Waals surface area contributed by atoms with E-state index < -0.39 is 6.10 Å². The van der Waals surface area contributed by atoms with Crippen LogP contribution in [0, 0.1) is 5.92 Å². The number of aromatic nitrogens is 1. The van der Waals surface area contributed by atoms with E-state index in [1.54, 1.807) is 18.1 Å². The van der Waals surface area contributed by atoms with Crippen LogP contribution < -0.4 is 0 Å². The van der Waals surface area contributed by atoms with Crippen LogP contribution in [0.15, 0.2) is 24.4 Å². The summed E-state index contributed by atoms with van der Waals surface area (Å²) in [5, 5.41) is 0. The molecule has 1 aromatic heterocycles. The largest absolute Gasteiger partial charge is 0.363 e. The summed E-state index contributed by atoms with van der Waals surface area (Å²) in [5.74, 6) is 0.373. The van der Waals surface area contributed by atoms with Gasteiger partial charge < -0.3 is 19.4 Å². The first kappa shape index (κ1) is 18.2. The molecule has 0 saturated carbocycles. The Morgan fingerprint density at radius 3 is 2.78 bits per heavy atom. The second-order valence-corrected chi connectivity index (χ2v) is 7.89. The van der Waals surface area contributed by atoms with Crippen molar-refractivity contribution in [1.29, 1.82) is 0 Å². The molecule has 1 aromatic rings. The number of carbonyl (C=O) groups is 2. The summed E-state index contributed by atoms with van der Waals surface area (Å²) in [6.45, 7) is 3.58. The number of likely N-dealkylation sites (N-methyl/N-ethyl adjacent to an activating group) is 1. The number of pyridine rings is 1. The molecule has 0 aromatic carbocycles. The lowest BCUT2D eigenvalue weighted by Gasteiger charge is -2.36. The fourth-order valence-corrected chi connectivity index (χ4v) is 4.43. The van der Waals surface area contributed by atoms with Gasteiger partial charge in [0.2, 0.25) is 0 Å². The van der Waals surface area contributed by atoms with E-state index in [4.69, 9.17) is 4.74 Å². The van der Waals surface area contributed by atoms with Crippen molar-refractivity contribution in [3.63, 3.8) is 0 Å². The third-order valence-corrected chi connectivity index (χ3v) is 5.98. The number of hydrogen-bond donors (Lipinski definition) is 0. The van der Waals surface area contributed by atoms with Gasteiger partial charge in [-0.15, -0.1) is 0 Å². The van der Waals surface area contributed by atoms with Crippen LogP contribution in [0.25, 0.3) is 0 Å². The number of hydrogen-bond acceptors (Lipinski definition) is 4. The van der Waals surface area contributed by atoms with Crippen LogP contribution in [-0.2, 0) is 16.1 Å². The van der Waals surface area contributed by atoms with Crippen LogP contribution in [-0.4, -0.2) is 77.1 Å². The molecule has 0 bridgehead atoms. The summed E-state index contributed by atoms with van der Waals surface area (Å²) in [6, 6.07) is 5.84. The van der Waals surface area contributed by atoms with Gasteiger partial charge in [-0.25, -0.2) is 4.79 Å². The van der Waals surface area contributed by atoms with Gasteiger partial charge in [0.25, 0.3) is 5.91 Å². The minimum absolute atomic E-state index is 0.00692. The van der Waals surface area contributed by atoms with Crippen LogP contribution in [0.1, 0.15) is 31.4 Å². The lowest BCUT2D eigenvalue weighted by molar-refractivity contribution is -0.142. The summed E-state index contributed by atoms with van der Waals surface area (Å²) in [7, 11) is 1.80. The molecule has 0 spiro atoms. The van der Waals surface area contributed by atoms with Gasteiger partial charge >= 0.3 is 6.03 Å². The van der Waals surface area contributed by atoms with E-state index in [0.29, 0.717) is 19.0 Å². The molecule has 146 valence electrons. The van der Waals surface area contributed by atoms with Crippen LogP contribution in [0.4, 0.5) is 4.79 Å². The molecule has 0 aliphatic carbocycles. The second-order valence-electron chi connectivity index (χ2n) is 7.89. The zero-order chi connectivity index (χ0) is 18.8. The van der Waals surface area contributed by atoms with Crippen LogP contribution in [0.5, 0.6) is 0 Å². The maximum Gasteiger partial charge on any atom is 0.320 e. The van der Waals surface area contributed by atoms with E-state index in [1.807, 2.05) is 28.0 Å². The van der Waals surface area contributed by atoms with Crippen molar-refractivity contribution in [3.8, 4) is 0 Å². The van der Waals surface area contributed by atoms with Crippen molar-refractivity contribution >= 4 is 11.9 Å². The molecule has 3 aliphatic rings. The van der Waals surface area contributed by atoms with E-state index >= 15 is 0 Å². The molecule has 3 aliphatic heterocycles. The van der Waals surface area contributed by atoms with Crippen molar-refractivity contribution in [2.24, 2.45) is 5.92 Å². The first-order valence-corrected chi connectivity index (χ1v) is 9.96. The van der Waals surface area contributed by atoms with Crippen molar-refractivity contribution in [1.82, 2.24) is 19.7 Å². The normalized spacial score (nSPS) is 27.5. The monoisotopic (exact) mass is 372 g/mol. The first-order valence-electron chi connectivity index (χ1n) is 9.96. The maximum atomic E-state index is 12.8. The van der Waals surface area contributed by atoms with Gasteiger partial charge in [0.15, 0.2) is 0 Å². The van der Waals surface area contributed by atoms with Crippen LogP contribution in [0.3, 0.4) is 0 Å². The van der Waals surface area contributed by atoms with Gasteiger partial charge in [-0.1, -0.05) is 6.07 Å². The third kappa shape index (κ3) is 3.93. The average Bonchev–Trinajstić information content (AvgIpc) is 3.36. The number of urea groups is 1. The average molecular weight is 372 g/mol. The van der Waals surface area contributed by atoms with Crippen LogP contribution >= 0.6 is 0 Å². The predicted molar refractivity (Wildman–Crippen MR) is 99.9 cm³/mol. The van der Waals surface area contributed by atoms with E-state index in [1.165, 1.54) is 0 Å². The lowest BCUT2D eigenvalue weighted by atomic mass is 9.91. The molecule has 3 atom stereocenters. The molecule has 0 N–H and O–H groups in total. The maximum absolute atomic E-state index is 12.8. The summed E-state index contributed by atoms with van der Waals surface area (Å²) >= 11 is 0. The first-order chi connectivity index (χ1) is 13.1. The van der Waals surface area contributed by atoms with Crippen molar-refractivity contribution in [2.75, 3.05) is 33.2 Å². The standard InChI is InChI=1S/C20H28N4O3/c1-22(13-16-6-2-3-8-21-16)19(25)17-12-15-7-11-24(14-18(15)27-17)20(26)23-9-4-5-10-23/h2-3,6,8,15,17-18H,4-5,7,9-14H2,1H3/t15-,17+,18-/m0/s1. The highest BCUT2D eigenvalue weighted by Crippen LogP contribution is 2.34. The van der Waals surface area contributed by atoms with Crippen molar-refractivity contribution in [3.05, 3.63) is 30.1 Å². The second kappa shape index (κ2) is 7.84. The number of nitrogens with zero attached hydrogens (tertiary/aromatic N) is 4. The summed E-state index contributed by atoms with van der Waals surface area (Å²) in [4.78, 5) is 35.3. The molecule has 7 nitrogen and oxygen atoms in total. The lowest BCUT2D eigenvalue weighted by Crippen LogP contribution is -2.50. The molecule has 3 saturated heterocycles. The Morgan fingerprint density at radius 2 is 2.04 bits per heavy atom.